The third kappa shape index (κ3) is 2.70. The molecule has 2 saturated heterocycles. The molecule has 2 nitrogen and oxygen atoms in total. The largest absolute Gasteiger partial charge is 0.311 e. The highest BCUT2D eigenvalue weighted by Gasteiger charge is 2.42. The van der Waals surface area contributed by atoms with E-state index in [0.29, 0.717) is 17.6 Å². The third-order valence-electron chi connectivity index (χ3n) is 5.04. The highest BCUT2D eigenvalue weighted by molar-refractivity contribution is 5.15. The Balaban J connectivity index is 1.70. The van der Waals surface area contributed by atoms with E-state index in [0.717, 1.165) is 6.54 Å². The van der Waals surface area contributed by atoms with Gasteiger partial charge in [-0.05, 0) is 51.6 Å². The van der Waals surface area contributed by atoms with Crippen molar-refractivity contribution in [3.8, 4) is 0 Å². The van der Waals surface area contributed by atoms with E-state index in [-0.39, 0.29) is 0 Å². The molecule has 3 atom stereocenters. The molecule has 0 saturated carbocycles. The van der Waals surface area contributed by atoms with Crippen LogP contribution in [0.3, 0.4) is 0 Å². The van der Waals surface area contributed by atoms with Crippen LogP contribution in [-0.4, -0.2) is 29.1 Å². The van der Waals surface area contributed by atoms with Gasteiger partial charge < -0.3 is 5.32 Å². The Morgan fingerprint density at radius 1 is 1.16 bits per heavy atom. The van der Waals surface area contributed by atoms with E-state index in [1.165, 1.54) is 37.8 Å². The number of benzene rings is 1. The van der Waals surface area contributed by atoms with Crippen LogP contribution in [0.5, 0.6) is 0 Å². The van der Waals surface area contributed by atoms with Crippen molar-refractivity contribution in [1.82, 2.24) is 10.2 Å². The number of nitrogens with one attached hydrogen (secondary N) is 1. The summed E-state index contributed by atoms with van der Waals surface area (Å²) in [7, 11) is 0. The van der Waals surface area contributed by atoms with Crippen LogP contribution in [0.2, 0.25) is 0 Å². The van der Waals surface area contributed by atoms with Crippen LogP contribution in [0.25, 0.3) is 0 Å². The first kappa shape index (κ1) is 13.1. The van der Waals surface area contributed by atoms with E-state index in [9.17, 15) is 0 Å². The van der Waals surface area contributed by atoms with Crippen molar-refractivity contribution in [2.45, 2.75) is 63.7 Å². The fourth-order valence-electron chi connectivity index (χ4n) is 4.21. The van der Waals surface area contributed by atoms with Crippen LogP contribution in [0.4, 0.5) is 0 Å². The SMILES string of the molecule is C[C@@H]1CC2(CCCN2)C[C@H](C)N1Cc1ccccc1. The summed E-state index contributed by atoms with van der Waals surface area (Å²) in [6.07, 6.45) is 5.35. The molecule has 1 spiro atoms. The summed E-state index contributed by atoms with van der Waals surface area (Å²) in [4.78, 5) is 2.68. The predicted octanol–water partition coefficient (Wildman–Crippen LogP) is 3.18. The van der Waals surface area contributed by atoms with Crippen LogP contribution in [0, 0.1) is 0 Å². The summed E-state index contributed by atoms with van der Waals surface area (Å²) >= 11 is 0. The summed E-state index contributed by atoms with van der Waals surface area (Å²) in [5, 5.41) is 3.79. The van der Waals surface area contributed by atoms with Gasteiger partial charge >= 0.3 is 0 Å². The summed E-state index contributed by atoms with van der Waals surface area (Å²) in [5.41, 5.74) is 1.89. The first-order chi connectivity index (χ1) is 9.19. The number of hydrogen-bond acceptors (Lipinski definition) is 2. The second-order valence-corrected chi connectivity index (χ2v) is 6.57. The van der Waals surface area contributed by atoms with Gasteiger partial charge in [0.2, 0.25) is 0 Å². The normalized spacial score (nSPS) is 35.9. The molecule has 104 valence electrons. The van der Waals surface area contributed by atoms with Crippen LogP contribution in [-0.2, 0) is 6.54 Å². The lowest BCUT2D eigenvalue weighted by molar-refractivity contribution is 0.0410. The van der Waals surface area contributed by atoms with Crippen molar-refractivity contribution in [3.63, 3.8) is 0 Å². The molecule has 0 radical (unpaired) electrons. The number of nitrogens with zero attached hydrogens (tertiary/aromatic N) is 1. The zero-order valence-electron chi connectivity index (χ0n) is 12.2. The molecule has 19 heavy (non-hydrogen) atoms. The lowest BCUT2D eigenvalue weighted by atomic mass is 9.79. The minimum absolute atomic E-state index is 0.450. The minimum Gasteiger partial charge on any atom is -0.311 e. The lowest BCUT2D eigenvalue weighted by Gasteiger charge is -2.48. The first-order valence-electron chi connectivity index (χ1n) is 7.73. The number of rotatable bonds is 2. The molecular formula is C17H26N2. The fraction of sp³-hybridized carbons (Fsp3) is 0.647. The summed E-state index contributed by atoms with van der Waals surface area (Å²) < 4.78 is 0. The van der Waals surface area contributed by atoms with Crippen LogP contribution < -0.4 is 5.32 Å². The van der Waals surface area contributed by atoms with E-state index >= 15 is 0 Å². The molecule has 2 aliphatic rings. The molecule has 2 heteroatoms. The third-order valence-corrected chi connectivity index (χ3v) is 5.04. The molecule has 0 amide bonds. The maximum absolute atomic E-state index is 3.79. The molecule has 1 N–H and O–H groups in total. The monoisotopic (exact) mass is 258 g/mol. The Labute approximate surface area is 117 Å². The van der Waals surface area contributed by atoms with Crippen molar-refractivity contribution in [2.24, 2.45) is 0 Å². The Morgan fingerprint density at radius 2 is 1.84 bits per heavy atom. The van der Waals surface area contributed by atoms with E-state index in [1.54, 1.807) is 0 Å². The van der Waals surface area contributed by atoms with Crippen molar-refractivity contribution < 1.29 is 0 Å². The highest BCUT2D eigenvalue weighted by atomic mass is 15.2. The van der Waals surface area contributed by atoms with Gasteiger partial charge in [0, 0.05) is 24.2 Å². The van der Waals surface area contributed by atoms with Gasteiger partial charge in [0.05, 0.1) is 0 Å². The maximum Gasteiger partial charge on any atom is 0.0239 e. The molecular weight excluding hydrogens is 232 g/mol. The molecule has 1 aromatic rings. The molecule has 0 bridgehead atoms. The van der Waals surface area contributed by atoms with Crippen LogP contribution >= 0.6 is 0 Å². The van der Waals surface area contributed by atoms with E-state index in [4.69, 9.17) is 0 Å². The summed E-state index contributed by atoms with van der Waals surface area (Å²) in [5.74, 6) is 0. The van der Waals surface area contributed by atoms with Crippen LogP contribution in [0.15, 0.2) is 30.3 Å². The molecule has 2 aliphatic heterocycles. The Morgan fingerprint density at radius 3 is 2.42 bits per heavy atom. The van der Waals surface area contributed by atoms with Crippen molar-refractivity contribution in [3.05, 3.63) is 35.9 Å². The molecule has 1 aromatic carbocycles. The molecule has 2 fully saturated rings. The average molecular weight is 258 g/mol. The van der Waals surface area contributed by atoms with Gasteiger partial charge in [-0.25, -0.2) is 0 Å². The lowest BCUT2D eigenvalue weighted by Crippen LogP contribution is -2.57. The summed E-state index contributed by atoms with van der Waals surface area (Å²) in [6, 6.07) is 12.2. The fourth-order valence-corrected chi connectivity index (χ4v) is 4.21. The van der Waals surface area contributed by atoms with Gasteiger partial charge in [0.1, 0.15) is 0 Å². The van der Waals surface area contributed by atoms with Gasteiger partial charge in [-0.2, -0.15) is 0 Å². The van der Waals surface area contributed by atoms with Crippen LogP contribution in [0.1, 0.15) is 45.1 Å². The van der Waals surface area contributed by atoms with Gasteiger partial charge in [0.15, 0.2) is 0 Å². The minimum atomic E-state index is 0.450. The maximum atomic E-state index is 3.79. The van der Waals surface area contributed by atoms with Crippen molar-refractivity contribution in [1.29, 1.82) is 0 Å². The number of piperidine rings is 1. The molecule has 1 unspecified atom stereocenters. The Kier molecular flexibility index (Phi) is 3.64. The highest BCUT2D eigenvalue weighted by Crippen LogP contribution is 2.37. The quantitative estimate of drug-likeness (QED) is 0.876. The molecule has 3 rings (SSSR count). The first-order valence-corrected chi connectivity index (χ1v) is 7.73. The van der Waals surface area contributed by atoms with Gasteiger partial charge in [0.25, 0.3) is 0 Å². The predicted molar refractivity (Wildman–Crippen MR) is 80.1 cm³/mol. The van der Waals surface area contributed by atoms with E-state index in [2.05, 4.69) is 54.4 Å². The Hall–Kier alpha value is -0.860. The Bertz CT molecular complexity index is 395. The number of hydrogen-bond donors (Lipinski definition) is 1. The van der Waals surface area contributed by atoms with Crippen molar-refractivity contribution >= 4 is 0 Å². The number of likely N-dealkylation sites (tertiary alicyclic amines) is 1. The zero-order valence-corrected chi connectivity index (χ0v) is 12.2. The standard InChI is InChI=1S/C17H26N2/c1-14-11-17(9-6-10-18-17)12-15(2)19(14)13-16-7-4-3-5-8-16/h3-5,7-8,14-15,18H,6,9-13H2,1-2H3/t14-,15+,17?. The second kappa shape index (κ2) is 5.26. The van der Waals surface area contributed by atoms with E-state index in [1.807, 2.05) is 0 Å². The van der Waals surface area contributed by atoms with E-state index < -0.39 is 0 Å². The summed E-state index contributed by atoms with van der Waals surface area (Å²) in [6.45, 7) is 7.12. The second-order valence-electron chi connectivity index (χ2n) is 6.57. The molecule has 2 heterocycles. The van der Waals surface area contributed by atoms with Gasteiger partial charge in [-0.1, -0.05) is 30.3 Å². The smallest absolute Gasteiger partial charge is 0.0239 e. The molecule has 0 aliphatic carbocycles. The topological polar surface area (TPSA) is 15.3 Å². The van der Waals surface area contributed by atoms with Crippen molar-refractivity contribution in [2.75, 3.05) is 6.54 Å². The zero-order chi connectivity index (χ0) is 13.3. The van der Waals surface area contributed by atoms with Gasteiger partial charge in [-0.15, -0.1) is 0 Å². The molecule has 0 aromatic heterocycles. The van der Waals surface area contributed by atoms with Gasteiger partial charge in [-0.3, -0.25) is 4.90 Å². The average Bonchev–Trinajstić information content (AvgIpc) is 2.83.